The van der Waals surface area contributed by atoms with E-state index in [0.29, 0.717) is 0 Å². The van der Waals surface area contributed by atoms with Crippen LogP contribution in [0.25, 0.3) is 0 Å². The number of nitrogens with one attached hydrogen (secondary N) is 1. The highest BCUT2D eigenvalue weighted by Gasteiger charge is 2.16. The molecule has 0 aliphatic carbocycles. The van der Waals surface area contributed by atoms with Gasteiger partial charge in [0, 0.05) is 37.4 Å². The second-order valence-corrected chi connectivity index (χ2v) is 6.45. The van der Waals surface area contributed by atoms with Crippen LogP contribution in [0.5, 0.6) is 0 Å². The fourth-order valence-corrected chi connectivity index (χ4v) is 3.06. The van der Waals surface area contributed by atoms with Gasteiger partial charge in [-0.1, -0.05) is 13.0 Å². The van der Waals surface area contributed by atoms with Gasteiger partial charge in [0.05, 0.1) is 0 Å². The van der Waals surface area contributed by atoms with Crippen LogP contribution in [0.2, 0.25) is 0 Å². The van der Waals surface area contributed by atoms with Gasteiger partial charge in [0.1, 0.15) is 11.6 Å². The minimum atomic E-state index is 0.735. The Morgan fingerprint density at radius 3 is 2.76 bits per heavy atom. The standard InChI is InChI=1S/C15H21N5S/c1-11-5-7-20(8-6-11)14-4-3-13(9-16-14)10-17-15-18-12(2)19-21-15/h3-4,9,11H,5-8,10H2,1-2H3,(H,17,18,19). The molecule has 3 heterocycles. The van der Waals surface area contributed by atoms with Gasteiger partial charge in [-0.25, -0.2) is 9.97 Å². The first-order valence-corrected chi connectivity index (χ1v) is 8.22. The molecular formula is C15H21N5S. The highest BCUT2D eigenvalue weighted by Crippen LogP contribution is 2.21. The monoisotopic (exact) mass is 303 g/mol. The summed E-state index contributed by atoms with van der Waals surface area (Å²) in [5.41, 5.74) is 1.16. The Balaban J connectivity index is 1.56. The predicted molar refractivity (Wildman–Crippen MR) is 86.8 cm³/mol. The number of aryl methyl sites for hydroxylation is 1. The first kappa shape index (κ1) is 14.3. The molecule has 0 amide bonds. The summed E-state index contributed by atoms with van der Waals surface area (Å²) in [5.74, 6) is 2.76. The van der Waals surface area contributed by atoms with Crippen molar-refractivity contribution >= 4 is 22.5 Å². The van der Waals surface area contributed by atoms with Gasteiger partial charge in [-0.2, -0.15) is 4.37 Å². The number of piperidine rings is 1. The molecule has 1 saturated heterocycles. The maximum absolute atomic E-state index is 4.60. The van der Waals surface area contributed by atoms with E-state index >= 15 is 0 Å². The van der Waals surface area contributed by atoms with Gasteiger partial charge in [-0.15, -0.1) is 0 Å². The van der Waals surface area contributed by atoms with Crippen LogP contribution in [-0.2, 0) is 6.54 Å². The molecular weight excluding hydrogens is 282 g/mol. The Bertz CT molecular complexity index is 572. The smallest absolute Gasteiger partial charge is 0.202 e. The molecule has 0 unspecified atom stereocenters. The maximum atomic E-state index is 4.60. The van der Waals surface area contributed by atoms with Crippen molar-refractivity contribution in [3.05, 3.63) is 29.7 Å². The molecule has 0 bridgehead atoms. The molecule has 1 N–H and O–H groups in total. The number of pyridine rings is 1. The Morgan fingerprint density at radius 2 is 2.14 bits per heavy atom. The minimum Gasteiger partial charge on any atom is -0.357 e. The molecule has 5 nitrogen and oxygen atoms in total. The van der Waals surface area contributed by atoms with E-state index in [4.69, 9.17) is 0 Å². The number of rotatable bonds is 4. The van der Waals surface area contributed by atoms with Crippen molar-refractivity contribution in [2.75, 3.05) is 23.3 Å². The van der Waals surface area contributed by atoms with E-state index in [-0.39, 0.29) is 0 Å². The highest BCUT2D eigenvalue weighted by atomic mass is 32.1. The fourth-order valence-electron chi connectivity index (χ4n) is 2.49. The molecule has 3 rings (SSSR count). The van der Waals surface area contributed by atoms with E-state index in [1.807, 2.05) is 13.1 Å². The van der Waals surface area contributed by atoms with E-state index in [1.165, 1.54) is 24.4 Å². The molecule has 21 heavy (non-hydrogen) atoms. The van der Waals surface area contributed by atoms with E-state index < -0.39 is 0 Å². The highest BCUT2D eigenvalue weighted by molar-refractivity contribution is 7.09. The lowest BCUT2D eigenvalue weighted by Crippen LogP contribution is -2.33. The number of anilines is 2. The molecule has 112 valence electrons. The summed E-state index contributed by atoms with van der Waals surface area (Å²) < 4.78 is 4.16. The van der Waals surface area contributed by atoms with Crippen molar-refractivity contribution in [1.82, 2.24) is 14.3 Å². The summed E-state index contributed by atoms with van der Waals surface area (Å²) in [7, 11) is 0. The van der Waals surface area contributed by atoms with E-state index in [0.717, 1.165) is 47.9 Å². The van der Waals surface area contributed by atoms with Crippen molar-refractivity contribution < 1.29 is 0 Å². The van der Waals surface area contributed by atoms with Crippen molar-refractivity contribution in [2.45, 2.75) is 33.2 Å². The van der Waals surface area contributed by atoms with E-state index in [1.54, 1.807) is 0 Å². The van der Waals surface area contributed by atoms with Gasteiger partial charge in [0.2, 0.25) is 5.13 Å². The summed E-state index contributed by atoms with van der Waals surface area (Å²) in [4.78, 5) is 11.3. The molecule has 6 heteroatoms. The van der Waals surface area contributed by atoms with Crippen LogP contribution in [0.1, 0.15) is 31.2 Å². The Morgan fingerprint density at radius 1 is 1.33 bits per heavy atom. The molecule has 1 fully saturated rings. The zero-order valence-electron chi connectivity index (χ0n) is 12.5. The summed E-state index contributed by atoms with van der Waals surface area (Å²) in [5, 5.41) is 4.14. The van der Waals surface area contributed by atoms with Crippen molar-refractivity contribution in [2.24, 2.45) is 5.92 Å². The Kier molecular flexibility index (Phi) is 4.34. The molecule has 0 saturated carbocycles. The van der Waals surface area contributed by atoms with Gasteiger partial charge in [0.15, 0.2) is 0 Å². The average Bonchev–Trinajstić information content (AvgIpc) is 2.92. The van der Waals surface area contributed by atoms with Crippen LogP contribution in [0.3, 0.4) is 0 Å². The Hall–Kier alpha value is -1.69. The maximum Gasteiger partial charge on any atom is 0.202 e. The van der Waals surface area contributed by atoms with E-state index in [2.05, 4.69) is 43.6 Å². The third-order valence-electron chi connectivity index (χ3n) is 3.89. The van der Waals surface area contributed by atoms with Crippen LogP contribution < -0.4 is 10.2 Å². The van der Waals surface area contributed by atoms with Gasteiger partial charge in [-0.3, -0.25) is 0 Å². The third kappa shape index (κ3) is 3.69. The first-order valence-electron chi connectivity index (χ1n) is 7.45. The van der Waals surface area contributed by atoms with E-state index in [9.17, 15) is 0 Å². The molecule has 0 aromatic carbocycles. The molecule has 1 aliphatic heterocycles. The van der Waals surface area contributed by atoms with Gasteiger partial charge in [0.25, 0.3) is 0 Å². The molecule has 2 aromatic heterocycles. The second-order valence-electron chi connectivity index (χ2n) is 5.69. The van der Waals surface area contributed by atoms with Crippen LogP contribution in [-0.4, -0.2) is 27.4 Å². The average molecular weight is 303 g/mol. The summed E-state index contributed by atoms with van der Waals surface area (Å²) in [6.07, 6.45) is 4.48. The van der Waals surface area contributed by atoms with Crippen LogP contribution in [0.15, 0.2) is 18.3 Å². The number of hydrogen-bond donors (Lipinski definition) is 1. The van der Waals surface area contributed by atoms with Crippen molar-refractivity contribution in [3.8, 4) is 0 Å². The molecule has 2 aromatic rings. The lowest BCUT2D eigenvalue weighted by Gasteiger charge is -2.31. The normalized spacial score (nSPS) is 16.2. The summed E-state index contributed by atoms with van der Waals surface area (Å²) in [6.45, 7) is 7.21. The predicted octanol–water partition coefficient (Wildman–Crippen LogP) is 3.09. The quantitative estimate of drug-likeness (QED) is 0.940. The molecule has 0 radical (unpaired) electrons. The first-order chi connectivity index (χ1) is 10.2. The topological polar surface area (TPSA) is 53.9 Å². The zero-order valence-corrected chi connectivity index (χ0v) is 13.4. The number of aromatic nitrogens is 3. The third-order valence-corrected chi connectivity index (χ3v) is 4.65. The van der Waals surface area contributed by atoms with Crippen LogP contribution in [0, 0.1) is 12.8 Å². The van der Waals surface area contributed by atoms with Crippen LogP contribution >= 0.6 is 11.5 Å². The SMILES string of the molecule is Cc1nsc(NCc2ccc(N3CCC(C)CC3)nc2)n1. The minimum absolute atomic E-state index is 0.735. The van der Waals surface area contributed by atoms with Crippen LogP contribution in [0.4, 0.5) is 10.9 Å². The number of nitrogens with zero attached hydrogens (tertiary/aromatic N) is 4. The largest absolute Gasteiger partial charge is 0.357 e. The van der Waals surface area contributed by atoms with Crippen molar-refractivity contribution in [3.63, 3.8) is 0 Å². The Labute approximate surface area is 129 Å². The molecule has 1 aliphatic rings. The molecule has 0 atom stereocenters. The number of hydrogen-bond acceptors (Lipinski definition) is 6. The lowest BCUT2D eigenvalue weighted by atomic mass is 9.99. The van der Waals surface area contributed by atoms with Crippen molar-refractivity contribution in [1.29, 1.82) is 0 Å². The molecule has 0 spiro atoms. The lowest BCUT2D eigenvalue weighted by molar-refractivity contribution is 0.436. The second kappa shape index (κ2) is 6.39. The zero-order chi connectivity index (χ0) is 14.7. The van der Waals surface area contributed by atoms with Gasteiger partial charge in [-0.05, 0) is 37.3 Å². The van der Waals surface area contributed by atoms with Gasteiger partial charge < -0.3 is 10.2 Å². The summed E-state index contributed by atoms with van der Waals surface area (Å²) >= 11 is 1.39. The fraction of sp³-hybridized carbons (Fsp3) is 0.533. The van der Waals surface area contributed by atoms with Gasteiger partial charge >= 0.3 is 0 Å². The summed E-state index contributed by atoms with van der Waals surface area (Å²) in [6, 6.07) is 4.26.